The Morgan fingerprint density at radius 1 is 1.06 bits per heavy atom. The minimum absolute atomic E-state index is 0.0323. The van der Waals surface area contributed by atoms with E-state index in [4.69, 9.17) is 0 Å². The second-order valence-electron chi connectivity index (χ2n) is 8.85. The first-order chi connectivity index (χ1) is 16.8. The molecule has 2 aromatic rings. The first kappa shape index (κ1) is 24.6. The number of nitro groups is 1. The third-order valence-corrected chi connectivity index (χ3v) is 7.54. The number of hydrogen-bond acceptors (Lipinski definition) is 8. The van der Waals surface area contributed by atoms with E-state index in [0.717, 1.165) is 25.3 Å². The predicted octanol–water partition coefficient (Wildman–Crippen LogP) is 3.27. The Kier molecular flexibility index (Phi) is 7.06. The van der Waals surface area contributed by atoms with Crippen LogP contribution in [0.25, 0.3) is 0 Å². The van der Waals surface area contributed by atoms with Crippen molar-refractivity contribution in [3.8, 4) is 0 Å². The van der Waals surface area contributed by atoms with E-state index in [2.05, 4.69) is 9.72 Å². The minimum atomic E-state index is -0.740. The number of carbonyl (C=O) groups excluding carboxylic acids is 3. The van der Waals surface area contributed by atoms with Gasteiger partial charge in [0, 0.05) is 50.1 Å². The maximum Gasteiger partial charge on any atom is 0.338 e. The number of nitrogens with zero attached hydrogens (tertiary/aromatic N) is 4. The van der Waals surface area contributed by atoms with Crippen molar-refractivity contribution in [1.29, 1.82) is 0 Å². The quantitative estimate of drug-likeness (QED) is 0.266. The van der Waals surface area contributed by atoms with Crippen LogP contribution in [-0.2, 0) is 4.74 Å². The van der Waals surface area contributed by atoms with E-state index in [1.165, 1.54) is 31.0 Å². The molecular formula is C24H26N4O6S. The maximum absolute atomic E-state index is 13.2. The summed E-state index contributed by atoms with van der Waals surface area (Å²) in [5, 5.41) is 12.0. The van der Waals surface area contributed by atoms with E-state index in [-0.39, 0.29) is 34.0 Å². The van der Waals surface area contributed by atoms with Gasteiger partial charge in [-0.3, -0.25) is 19.7 Å². The number of non-ortho nitro benzene ring substituents is 1. The van der Waals surface area contributed by atoms with Gasteiger partial charge in [0.1, 0.15) is 5.03 Å². The summed E-state index contributed by atoms with van der Waals surface area (Å²) in [6, 6.07) is 7.19. The highest BCUT2D eigenvalue weighted by molar-refractivity contribution is 7.98. The molecule has 1 spiro atoms. The zero-order valence-electron chi connectivity index (χ0n) is 19.6. The Hall–Kier alpha value is -3.47. The van der Waals surface area contributed by atoms with Crippen molar-refractivity contribution in [2.24, 2.45) is 5.41 Å². The fourth-order valence-electron chi connectivity index (χ4n) is 4.85. The molecule has 1 aromatic carbocycles. The number of hydrogen-bond donors (Lipinski definition) is 0. The number of thioether (sulfide) groups is 1. The smallest absolute Gasteiger partial charge is 0.338 e. The van der Waals surface area contributed by atoms with E-state index in [0.29, 0.717) is 36.8 Å². The molecule has 184 valence electrons. The zero-order valence-corrected chi connectivity index (χ0v) is 20.4. The van der Waals surface area contributed by atoms with E-state index in [1.54, 1.807) is 23.2 Å². The van der Waals surface area contributed by atoms with Gasteiger partial charge in [-0.15, -0.1) is 11.8 Å². The Balaban J connectivity index is 1.45. The fourth-order valence-corrected chi connectivity index (χ4v) is 5.39. The molecule has 4 rings (SSSR count). The van der Waals surface area contributed by atoms with Crippen molar-refractivity contribution in [2.45, 2.75) is 24.3 Å². The third kappa shape index (κ3) is 5.00. The summed E-state index contributed by atoms with van der Waals surface area (Å²) >= 11 is 1.44. The van der Waals surface area contributed by atoms with Crippen LogP contribution in [0.5, 0.6) is 0 Å². The van der Waals surface area contributed by atoms with Crippen molar-refractivity contribution in [3.63, 3.8) is 0 Å². The molecular weight excluding hydrogens is 472 g/mol. The van der Waals surface area contributed by atoms with Crippen LogP contribution in [0.2, 0.25) is 0 Å². The minimum Gasteiger partial charge on any atom is -0.465 e. The number of esters is 1. The molecule has 0 atom stereocenters. The summed E-state index contributed by atoms with van der Waals surface area (Å²) in [6.07, 6.45) is 5.89. The number of likely N-dealkylation sites (tertiary alicyclic amines) is 2. The molecule has 0 N–H and O–H groups in total. The third-order valence-electron chi connectivity index (χ3n) is 6.83. The molecule has 2 fully saturated rings. The number of ether oxygens (including phenoxy) is 1. The summed E-state index contributed by atoms with van der Waals surface area (Å²) < 4.78 is 4.67. The lowest BCUT2D eigenvalue weighted by Gasteiger charge is -2.39. The predicted molar refractivity (Wildman–Crippen MR) is 129 cm³/mol. The van der Waals surface area contributed by atoms with Crippen LogP contribution in [0.3, 0.4) is 0 Å². The molecule has 2 saturated heterocycles. The molecule has 0 saturated carbocycles. The number of methoxy groups -OCH3 is 1. The summed E-state index contributed by atoms with van der Waals surface area (Å²) in [6.45, 7) is 2.20. The van der Waals surface area contributed by atoms with Gasteiger partial charge in [-0.05, 0) is 49.1 Å². The van der Waals surface area contributed by atoms with Crippen molar-refractivity contribution in [2.75, 3.05) is 39.5 Å². The molecule has 0 unspecified atom stereocenters. The van der Waals surface area contributed by atoms with Gasteiger partial charge in [-0.25, -0.2) is 9.78 Å². The average molecular weight is 499 g/mol. The van der Waals surface area contributed by atoms with E-state index in [9.17, 15) is 24.5 Å². The zero-order chi connectivity index (χ0) is 25.2. The highest BCUT2D eigenvalue weighted by Crippen LogP contribution is 2.41. The van der Waals surface area contributed by atoms with E-state index < -0.39 is 10.9 Å². The number of benzene rings is 1. The lowest BCUT2D eigenvalue weighted by Crippen LogP contribution is -2.44. The maximum atomic E-state index is 13.2. The second kappa shape index (κ2) is 10.0. The van der Waals surface area contributed by atoms with Crippen molar-refractivity contribution in [3.05, 3.63) is 63.3 Å². The number of amides is 2. The molecule has 0 bridgehead atoms. The Morgan fingerprint density at radius 2 is 1.71 bits per heavy atom. The highest BCUT2D eigenvalue weighted by Gasteiger charge is 2.43. The van der Waals surface area contributed by atoms with Gasteiger partial charge in [0.25, 0.3) is 17.5 Å². The number of piperidine rings is 1. The number of aromatic nitrogens is 1. The standard InChI is InChI=1S/C24H26N4O6S/c1-34-23(31)17-12-16(13-18(14-17)28(32)33)21(29)27-11-7-24(15-27)5-9-26(10-6-24)22(30)19-4-3-8-25-20(19)35-2/h3-4,8,12-14H,5-7,9-11,15H2,1-2H3. The van der Waals surface area contributed by atoms with Gasteiger partial charge >= 0.3 is 5.97 Å². The number of pyridine rings is 1. The van der Waals surface area contributed by atoms with Gasteiger partial charge in [0.15, 0.2) is 0 Å². The van der Waals surface area contributed by atoms with Crippen LogP contribution in [0.15, 0.2) is 41.6 Å². The van der Waals surface area contributed by atoms with Gasteiger partial charge in [0.2, 0.25) is 0 Å². The van der Waals surface area contributed by atoms with Crippen molar-refractivity contribution >= 4 is 35.2 Å². The van der Waals surface area contributed by atoms with E-state index >= 15 is 0 Å². The molecule has 0 aliphatic carbocycles. The molecule has 0 radical (unpaired) electrons. The van der Waals surface area contributed by atoms with Gasteiger partial charge in [0.05, 0.1) is 23.2 Å². The molecule has 3 heterocycles. The Morgan fingerprint density at radius 3 is 2.34 bits per heavy atom. The fraction of sp³-hybridized carbons (Fsp3) is 0.417. The Bertz CT molecular complexity index is 1180. The van der Waals surface area contributed by atoms with Gasteiger partial charge in [-0.1, -0.05) is 0 Å². The number of carbonyl (C=O) groups is 3. The molecule has 35 heavy (non-hydrogen) atoms. The summed E-state index contributed by atoms with van der Waals surface area (Å²) in [5.74, 6) is -1.12. The highest BCUT2D eigenvalue weighted by atomic mass is 32.2. The van der Waals surface area contributed by atoms with Crippen molar-refractivity contribution in [1.82, 2.24) is 14.8 Å². The van der Waals surface area contributed by atoms with Crippen molar-refractivity contribution < 1.29 is 24.0 Å². The average Bonchev–Trinajstić information content (AvgIpc) is 3.30. The first-order valence-corrected chi connectivity index (χ1v) is 12.4. The molecule has 10 nitrogen and oxygen atoms in total. The van der Waals surface area contributed by atoms with Crippen LogP contribution in [0, 0.1) is 15.5 Å². The molecule has 1 aromatic heterocycles. The molecule has 2 aliphatic rings. The molecule has 11 heteroatoms. The monoisotopic (exact) mass is 498 g/mol. The van der Waals surface area contributed by atoms with Crippen LogP contribution < -0.4 is 0 Å². The summed E-state index contributed by atoms with van der Waals surface area (Å²) in [4.78, 5) is 56.7. The largest absolute Gasteiger partial charge is 0.465 e. The number of rotatable bonds is 5. The SMILES string of the molecule is COC(=O)c1cc(C(=O)N2CCC3(CCN(C(=O)c4cccnc4SC)CC3)C2)cc([N+](=O)[O-])c1. The van der Waals surface area contributed by atoms with E-state index in [1.807, 2.05) is 11.2 Å². The topological polar surface area (TPSA) is 123 Å². The van der Waals surface area contributed by atoms with Gasteiger partial charge in [-0.2, -0.15) is 0 Å². The Labute approximate surface area is 206 Å². The van der Waals surface area contributed by atoms with Crippen LogP contribution in [-0.4, -0.2) is 77.0 Å². The van der Waals surface area contributed by atoms with Crippen LogP contribution in [0.1, 0.15) is 50.3 Å². The summed E-state index contributed by atoms with van der Waals surface area (Å²) in [5.41, 5.74) is 0.217. The summed E-state index contributed by atoms with van der Waals surface area (Å²) in [7, 11) is 1.18. The number of nitro benzene ring substituents is 1. The molecule has 2 amide bonds. The van der Waals surface area contributed by atoms with Gasteiger partial charge < -0.3 is 14.5 Å². The lowest BCUT2D eigenvalue weighted by atomic mass is 9.77. The van der Waals surface area contributed by atoms with Crippen LogP contribution in [0.4, 0.5) is 5.69 Å². The molecule has 2 aliphatic heterocycles. The normalized spacial score (nSPS) is 16.9. The lowest BCUT2D eigenvalue weighted by molar-refractivity contribution is -0.384. The second-order valence-corrected chi connectivity index (χ2v) is 9.64. The first-order valence-electron chi connectivity index (χ1n) is 11.2. The van der Waals surface area contributed by atoms with Crippen LogP contribution >= 0.6 is 11.8 Å².